The number of anilines is 2. The van der Waals surface area contributed by atoms with Gasteiger partial charge in [-0.25, -0.2) is 9.37 Å². The molecule has 0 saturated carbocycles. The van der Waals surface area contributed by atoms with E-state index in [4.69, 9.17) is 20.9 Å². The molecule has 4 N–H and O–H groups in total. The monoisotopic (exact) mass is 429 g/mol. The molecule has 152 valence electrons. The first-order valence-corrected chi connectivity index (χ1v) is 8.30. The number of ether oxygens (including phenoxy) is 2. The Labute approximate surface area is 174 Å². The molecular weight excluding hydrogens is 408 g/mol. The summed E-state index contributed by atoms with van der Waals surface area (Å²) in [5, 5.41) is 0.637. The Bertz CT molecular complexity index is 930. The van der Waals surface area contributed by atoms with Crippen molar-refractivity contribution in [1.82, 2.24) is 15.0 Å². The molecule has 0 unspecified atom stereocenters. The summed E-state index contributed by atoms with van der Waals surface area (Å²) in [6.45, 7) is 2.71. The minimum Gasteiger partial charge on any atom is -0.493 e. The van der Waals surface area contributed by atoms with Crippen molar-refractivity contribution in [2.45, 2.75) is 19.8 Å². The van der Waals surface area contributed by atoms with Gasteiger partial charge in [-0.3, -0.25) is 4.98 Å². The van der Waals surface area contributed by atoms with E-state index in [2.05, 4.69) is 15.0 Å². The number of hydrogen-bond acceptors (Lipinski definition) is 7. The third-order valence-corrected chi connectivity index (χ3v) is 3.77. The maximum Gasteiger partial charge on any atom is 0.222 e. The summed E-state index contributed by atoms with van der Waals surface area (Å²) in [5.41, 5.74) is 12.8. The average Bonchev–Trinajstić information content (AvgIpc) is 2.62. The molecule has 1 aromatic carbocycles. The van der Waals surface area contributed by atoms with Gasteiger partial charge < -0.3 is 20.9 Å². The van der Waals surface area contributed by atoms with E-state index in [1.54, 1.807) is 18.3 Å². The molecule has 0 fully saturated rings. The van der Waals surface area contributed by atoms with Gasteiger partial charge >= 0.3 is 0 Å². The first-order valence-electron chi connectivity index (χ1n) is 8.30. The zero-order valence-electron chi connectivity index (χ0n) is 15.2. The number of rotatable bonds is 7. The summed E-state index contributed by atoms with van der Waals surface area (Å²) in [7, 11) is 0. The quantitative estimate of drug-likeness (QED) is 0.552. The van der Waals surface area contributed by atoms with E-state index in [9.17, 15) is 4.39 Å². The molecule has 10 heteroatoms. The molecule has 3 rings (SSSR count). The molecule has 0 amide bonds. The molecule has 2 aromatic heterocycles. The summed E-state index contributed by atoms with van der Waals surface area (Å²) in [6, 6.07) is 6.12. The van der Waals surface area contributed by atoms with Gasteiger partial charge in [0, 0.05) is 18.0 Å². The molecular formula is C18H22Cl2FN5O2. The van der Waals surface area contributed by atoms with Crippen LogP contribution in [0.15, 0.2) is 30.5 Å². The molecule has 7 nitrogen and oxygen atoms in total. The zero-order valence-corrected chi connectivity index (χ0v) is 16.9. The number of halogens is 3. The van der Waals surface area contributed by atoms with Crippen molar-refractivity contribution in [3.63, 3.8) is 0 Å². The van der Waals surface area contributed by atoms with Crippen molar-refractivity contribution in [2.75, 3.05) is 24.7 Å². The lowest BCUT2D eigenvalue weighted by atomic mass is 10.2. The SMILES string of the molecule is CCc1nc(N)nc(N)c1OCCCOc1ccnc2ccc(F)cc12.Cl.Cl. The number of nitrogen functional groups attached to an aromatic ring is 2. The fraction of sp³-hybridized carbons (Fsp3) is 0.278. The number of hydrogen-bond donors (Lipinski definition) is 2. The van der Waals surface area contributed by atoms with E-state index in [0.29, 0.717) is 54.2 Å². The van der Waals surface area contributed by atoms with Crippen molar-refractivity contribution < 1.29 is 13.9 Å². The van der Waals surface area contributed by atoms with Gasteiger partial charge in [-0.1, -0.05) is 6.92 Å². The van der Waals surface area contributed by atoms with Crippen molar-refractivity contribution in [2.24, 2.45) is 0 Å². The van der Waals surface area contributed by atoms with Crippen LogP contribution in [0.2, 0.25) is 0 Å². The summed E-state index contributed by atoms with van der Waals surface area (Å²) >= 11 is 0. The van der Waals surface area contributed by atoms with Crippen LogP contribution in [0.4, 0.5) is 16.2 Å². The van der Waals surface area contributed by atoms with Crippen LogP contribution in [0, 0.1) is 5.82 Å². The minimum absolute atomic E-state index is 0. The van der Waals surface area contributed by atoms with Gasteiger partial charge in [0.05, 0.1) is 24.4 Å². The lowest BCUT2D eigenvalue weighted by Crippen LogP contribution is -2.11. The summed E-state index contributed by atoms with van der Waals surface area (Å²) in [4.78, 5) is 12.2. The van der Waals surface area contributed by atoms with Crippen LogP contribution in [0.1, 0.15) is 19.0 Å². The van der Waals surface area contributed by atoms with E-state index < -0.39 is 0 Å². The molecule has 0 radical (unpaired) electrons. The van der Waals surface area contributed by atoms with Crippen molar-refractivity contribution in [3.8, 4) is 11.5 Å². The first-order chi connectivity index (χ1) is 12.6. The second-order valence-corrected chi connectivity index (χ2v) is 5.62. The van der Waals surface area contributed by atoms with E-state index in [0.717, 1.165) is 0 Å². The fourth-order valence-electron chi connectivity index (χ4n) is 2.57. The van der Waals surface area contributed by atoms with Gasteiger partial charge in [-0.2, -0.15) is 4.98 Å². The third-order valence-electron chi connectivity index (χ3n) is 3.77. The molecule has 0 saturated heterocycles. The maximum absolute atomic E-state index is 13.4. The topological polar surface area (TPSA) is 109 Å². The molecule has 2 heterocycles. The van der Waals surface area contributed by atoms with Crippen LogP contribution in [-0.2, 0) is 6.42 Å². The van der Waals surface area contributed by atoms with Crippen molar-refractivity contribution >= 4 is 47.5 Å². The van der Waals surface area contributed by atoms with Gasteiger partial charge in [0.25, 0.3) is 0 Å². The highest BCUT2D eigenvalue weighted by atomic mass is 35.5. The lowest BCUT2D eigenvalue weighted by molar-refractivity contribution is 0.247. The third kappa shape index (κ3) is 5.46. The Hall–Kier alpha value is -2.58. The highest BCUT2D eigenvalue weighted by molar-refractivity contribution is 5.86. The van der Waals surface area contributed by atoms with Gasteiger partial charge in [0.2, 0.25) is 5.95 Å². The van der Waals surface area contributed by atoms with Gasteiger partial charge in [-0.15, -0.1) is 24.8 Å². The molecule has 0 spiro atoms. The normalized spacial score (nSPS) is 10.1. The number of nitrogens with two attached hydrogens (primary N) is 2. The predicted molar refractivity (Wildman–Crippen MR) is 112 cm³/mol. The summed E-state index contributed by atoms with van der Waals surface area (Å²) < 4.78 is 24.9. The van der Waals surface area contributed by atoms with Crippen molar-refractivity contribution in [1.29, 1.82) is 0 Å². The smallest absolute Gasteiger partial charge is 0.222 e. The Morgan fingerprint density at radius 3 is 2.54 bits per heavy atom. The van der Waals surface area contributed by atoms with Crippen molar-refractivity contribution in [3.05, 3.63) is 42.0 Å². The minimum atomic E-state index is -0.329. The van der Waals surface area contributed by atoms with Crippen LogP contribution in [0.25, 0.3) is 10.9 Å². The largest absolute Gasteiger partial charge is 0.493 e. The number of aryl methyl sites for hydroxylation is 1. The van der Waals surface area contributed by atoms with Gasteiger partial charge in [0.1, 0.15) is 11.6 Å². The molecule has 0 atom stereocenters. The molecule has 0 aliphatic heterocycles. The van der Waals surface area contributed by atoms with Crippen LogP contribution in [0.3, 0.4) is 0 Å². The molecule has 3 aromatic rings. The van der Waals surface area contributed by atoms with Crippen LogP contribution < -0.4 is 20.9 Å². The first kappa shape index (κ1) is 23.5. The van der Waals surface area contributed by atoms with Crippen LogP contribution >= 0.6 is 24.8 Å². The molecule has 0 bridgehead atoms. The standard InChI is InChI=1S/C18H20FN5O2.2ClH/c1-2-13-16(17(20)24-18(21)23-13)26-9-3-8-25-15-6-7-22-14-5-4-11(19)10-12(14)15;;/h4-7,10H,2-3,8-9H2,1H3,(H4,20,21,23,24);2*1H. The highest BCUT2D eigenvalue weighted by Crippen LogP contribution is 2.26. The summed E-state index contributed by atoms with van der Waals surface area (Å²) in [6.07, 6.45) is 2.87. The van der Waals surface area contributed by atoms with Gasteiger partial charge in [0.15, 0.2) is 11.6 Å². The Morgan fingerprint density at radius 2 is 1.79 bits per heavy atom. The maximum atomic E-state index is 13.4. The average molecular weight is 430 g/mol. The Morgan fingerprint density at radius 1 is 1.04 bits per heavy atom. The highest BCUT2D eigenvalue weighted by Gasteiger charge is 2.11. The van der Waals surface area contributed by atoms with E-state index in [1.165, 1.54) is 12.1 Å². The fourth-order valence-corrected chi connectivity index (χ4v) is 2.57. The Kier molecular flexibility index (Phi) is 8.94. The number of benzene rings is 1. The Balaban J connectivity index is 0.00000196. The molecule has 0 aliphatic carbocycles. The predicted octanol–water partition coefficient (Wildman–Crippen LogP) is 3.58. The van der Waals surface area contributed by atoms with E-state index in [-0.39, 0.29) is 42.4 Å². The number of nitrogens with zero attached hydrogens (tertiary/aromatic N) is 3. The number of pyridine rings is 1. The summed E-state index contributed by atoms with van der Waals surface area (Å²) in [5.74, 6) is 1.07. The molecule has 0 aliphatic rings. The second-order valence-electron chi connectivity index (χ2n) is 5.62. The van der Waals surface area contributed by atoms with E-state index in [1.807, 2.05) is 6.92 Å². The van der Waals surface area contributed by atoms with E-state index >= 15 is 0 Å². The number of fused-ring (bicyclic) bond motifs is 1. The second kappa shape index (κ2) is 10.7. The lowest BCUT2D eigenvalue weighted by Gasteiger charge is -2.13. The molecule has 28 heavy (non-hydrogen) atoms. The van der Waals surface area contributed by atoms with Crippen LogP contribution in [0.5, 0.6) is 11.5 Å². The van der Waals surface area contributed by atoms with Gasteiger partial charge in [-0.05, 0) is 30.7 Å². The zero-order chi connectivity index (χ0) is 18.5. The van der Waals surface area contributed by atoms with Crippen LogP contribution in [-0.4, -0.2) is 28.2 Å². The number of aromatic nitrogens is 3.